The third-order valence-electron chi connectivity index (χ3n) is 3.23. The van der Waals surface area contributed by atoms with Crippen LogP contribution in [0.2, 0.25) is 0 Å². The van der Waals surface area contributed by atoms with Crippen LogP contribution in [0.3, 0.4) is 0 Å². The Hall–Kier alpha value is -0.610. The molecule has 100 valence electrons. The molecule has 2 atom stereocenters. The smallest absolute Gasteiger partial charge is 0.237 e. The Morgan fingerprint density at radius 1 is 1.41 bits per heavy atom. The summed E-state index contributed by atoms with van der Waals surface area (Å²) in [7, 11) is 0. The van der Waals surface area contributed by atoms with E-state index in [-0.39, 0.29) is 30.0 Å². The van der Waals surface area contributed by atoms with Gasteiger partial charge in [0.15, 0.2) is 0 Å². The van der Waals surface area contributed by atoms with Crippen LogP contribution in [-0.4, -0.2) is 35.7 Å². The van der Waals surface area contributed by atoms with Crippen LogP contribution in [0.5, 0.6) is 0 Å². The molecule has 2 unspecified atom stereocenters. The van der Waals surface area contributed by atoms with Gasteiger partial charge >= 0.3 is 0 Å². The van der Waals surface area contributed by atoms with E-state index in [2.05, 4.69) is 31.4 Å². The lowest BCUT2D eigenvalue weighted by Gasteiger charge is -2.33. The van der Waals surface area contributed by atoms with Crippen LogP contribution in [0.15, 0.2) is 0 Å². The minimum Gasteiger partial charge on any atom is -0.396 e. The van der Waals surface area contributed by atoms with Gasteiger partial charge in [-0.2, -0.15) is 0 Å². The number of amides is 1. The Balaban J connectivity index is 2.44. The van der Waals surface area contributed by atoms with Gasteiger partial charge in [-0.15, -0.1) is 0 Å². The van der Waals surface area contributed by atoms with Crippen LogP contribution in [0.1, 0.15) is 47.0 Å². The second kappa shape index (κ2) is 5.83. The molecule has 4 nitrogen and oxygen atoms in total. The van der Waals surface area contributed by atoms with Crippen molar-refractivity contribution in [3.05, 3.63) is 0 Å². The normalized spacial score (nSPS) is 19.8. The lowest BCUT2D eigenvalue weighted by molar-refractivity contribution is -0.123. The highest BCUT2D eigenvalue weighted by atomic mass is 16.3. The van der Waals surface area contributed by atoms with Gasteiger partial charge in [0, 0.05) is 18.7 Å². The fourth-order valence-electron chi connectivity index (χ4n) is 1.83. The van der Waals surface area contributed by atoms with Gasteiger partial charge in [0.05, 0.1) is 6.04 Å². The van der Waals surface area contributed by atoms with Crippen LogP contribution in [-0.2, 0) is 4.79 Å². The van der Waals surface area contributed by atoms with Gasteiger partial charge in [-0.1, -0.05) is 20.8 Å². The van der Waals surface area contributed by atoms with Gasteiger partial charge in [-0.25, -0.2) is 0 Å². The summed E-state index contributed by atoms with van der Waals surface area (Å²) < 4.78 is 0. The molecule has 1 aliphatic carbocycles. The molecule has 1 aliphatic rings. The van der Waals surface area contributed by atoms with Gasteiger partial charge in [0.25, 0.3) is 0 Å². The molecule has 0 aromatic heterocycles. The van der Waals surface area contributed by atoms with Crippen molar-refractivity contribution < 1.29 is 9.90 Å². The van der Waals surface area contributed by atoms with Crippen LogP contribution < -0.4 is 10.6 Å². The van der Waals surface area contributed by atoms with Crippen molar-refractivity contribution in [1.82, 2.24) is 10.6 Å². The van der Waals surface area contributed by atoms with Crippen molar-refractivity contribution >= 4 is 5.91 Å². The second-order valence-electron chi connectivity index (χ2n) is 6.10. The number of carbonyl (C=O) groups excluding carboxylic acids is 1. The Morgan fingerprint density at radius 2 is 2.00 bits per heavy atom. The average Bonchev–Trinajstić information content (AvgIpc) is 2.99. The predicted molar refractivity (Wildman–Crippen MR) is 68.7 cm³/mol. The van der Waals surface area contributed by atoms with E-state index in [0.29, 0.717) is 12.5 Å². The molecule has 1 saturated carbocycles. The first-order chi connectivity index (χ1) is 7.84. The Bertz CT molecular complexity index is 257. The van der Waals surface area contributed by atoms with Crippen molar-refractivity contribution in [3.63, 3.8) is 0 Å². The average molecular weight is 242 g/mol. The molecule has 0 aromatic carbocycles. The molecule has 1 rings (SSSR count). The quantitative estimate of drug-likeness (QED) is 0.652. The lowest BCUT2D eigenvalue weighted by atomic mass is 9.84. The summed E-state index contributed by atoms with van der Waals surface area (Å²) in [4.78, 5) is 11.8. The summed E-state index contributed by atoms with van der Waals surface area (Å²) in [6.45, 7) is 8.38. The zero-order valence-corrected chi connectivity index (χ0v) is 11.4. The van der Waals surface area contributed by atoms with Crippen molar-refractivity contribution in [2.75, 3.05) is 6.61 Å². The van der Waals surface area contributed by atoms with E-state index in [1.807, 2.05) is 6.92 Å². The molecule has 4 heteroatoms. The van der Waals surface area contributed by atoms with Crippen molar-refractivity contribution in [2.24, 2.45) is 5.41 Å². The summed E-state index contributed by atoms with van der Waals surface area (Å²) in [5, 5.41) is 15.4. The molecule has 0 radical (unpaired) electrons. The lowest BCUT2D eigenvalue weighted by Crippen LogP contribution is -2.51. The molecule has 0 saturated heterocycles. The van der Waals surface area contributed by atoms with Crippen molar-refractivity contribution in [3.8, 4) is 0 Å². The fraction of sp³-hybridized carbons (Fsp3) is 0.923. The van der Waals surface area contributed by atoms with Crippen LogP contribution in [0.25, 0.3) is 0 Å². The van der Waals surface area contributed by atoms with Crippen molar-refractivity contribution in [1.29, 1.82) is 0 Å². The first kappa shape index (κ1) is 14.5. The highest BCUT2D eigenvalue weighted by Crippen LogP contribution is 2.22. The zero-order valence-electron chi connectivity index (χ0n) is 11.4. The number of aliphatic hydroxyl groups excluding tert-OH is 1. The minimum atomic E-state index is -0.202. The van der Waals surface area contributed by atoms with E-state index < -0.39 is 0 Å². The summed E-state index contributed by atoms with van der Waals surface area (Å²) in [5.41, 5.74) is 0.0385. The second-order valence-corrected chi connectivity index (χ2v) is 6.10. The highest BCUT2D eigenvalue weighted by molar-refractivity contribution is 5.81. The standard InChI is InChI=1S/C13H26N2O2/c1-9(12(17)15-10-5-6-10)14-11(7-8-16)13(2,3)4/h9-11,14,16H,5-8H2,1-4H3,(H,15,17). The summed E-state index contributed by atoms with van der Waals surface area (Å²) >= 11 is 0. The molecule has 0 aromatic rings. The van der Waals surface area contributed by atoms with E-state index in [1.165, 1.54) is 0 Å². The van der Waals surface area contributed by atoms with E-state index in [1.54, 1.807) is 0 Å². The summed E-state index contributed by atoms with van der Waals surface area (Å²) in [6, 6.07) is 0.344. The molecule has 0 spiro atoms. The first-order valence-electron chi connectivity index (χ1n) is 6.52. The number of aliphatic hydroxyl groups is 1. The van der Waals surface area contributed by atoms with Crippen LogP contribution in [0, 0.1) is 5.41 Å². The summed E-state index contributed by atoms with van der Waals surface area (Å²) in [6.07, 6.45) is 2.89. The maximum atomic E-state index is 11.8. The largest absolute Gasteiger partial charge is 0.396 e. The molecule has 0 heterocycles. The number of rotatable bonds is 6. The third-order valence-corrected chi connectivity index (χ3v) is 3.23. The number of nitrogens with one attached hydrogen (secondary N) is 2. The minimum absolute atomic E-state index is 0.0385. The maximum Gasteiger partial charge on any atom is 0.237 e. The highest BCUT2D eigenvalue weighted by Gasteiger charge is 2.29. The molecule has 0 aliphatic heterocycles. The molecule has 17 heavy (non-hydrogen) atoms. The SMILES string of the molecule is CC(NC(CCO)C(C)(C)C)C(=O)NC1CC1. The molecular weight excluding hydrogens is 216 g/mol. The van der Waals surface area contributed by atoms with Gasteiger partial charge in [-0.3, -0.25) is 4.79 Å². The Morgan fingerprint density at radius 3 is 2.41 bits per heavy atom. The zero-order chi connectivity index (χ0) is 13.1. The molecule has 0 bridgehead atoms. The van der Waals surface area contributed by atoms with E-state index >= 15 is 0 Å². The summed E-state index contributed by atoms with van der Waals surface area (Å²) in [5.74, 6) is 0.0692. The van der Waals surface area contributed by atoms with Crippen molar-refractivity contribution in [2.45, 2.75) is 65.1 Å². The molecule has 1 amide bonds. The van der Waals surface area contributed by atoms with Gasteiger partial charge in [0.1, 0.15) is 0 Å². The fourth-order valence-corrected chi connectivity index (χ4v) is 1.83. The van der Waals surface area contributed by atoms with Gasteiger partial charge < -0.3 is 15.7 Å². The molecular formula is C13H26N2O2. The molecule has 1 fully saturated rings. The van der Waals surface area contributed by atoms with Gasteiger partial charge in [0.2, 0.25) is 5.91 Å². The Labute approximate surface area is 104 Å². The number of hydrogen-bond donors (Lipinski definition) is 3. The third kappa shape index (κ3) is 5.04. The monoisotopic (exact) mass is 242 g/mol. The van der Waals surface area contributed by atoms with E-state index in [9.17, 15) is 4.79 Å². The van der Waals surface area contributed by atoms with Crippen LogP contribution >= 0.6 is 0 Å². The number of carbonyl (C=O) groups is 1. The van der Waals surface area contributed by atoms with Gasteiger partial charge in [-0.05, 0) is 31.6 Å². The Kier molecular flexibility index (Phi) is 4.95. The first-order valence-corrected chi connectivity index (χ1v) is 6.52. The number of hydrogen-bond acceptors (Lipinski definition) is 3. The maximum absolute atomic E-state index is 11.8. The van der Waals surface area contributed by atoms with E-state index in [0.717, 1.165) is 12.8 Å². The predicted octanol–water partition coefficient (Wildman–Crippen LogP) is 1.04. The van der Waals surface area contributed by atoms with Crippen LogP contribution in [0.4, 0.5) is 0 Å². The van der Waals surface area contributed by atoms with E-state index in [4.69, 9.17) is 5.11 Å². The topological polar surface area (TPSA) is 61.4 Å². The molecule has 3 N–H and O–H groups in total.